The van der Waals surface area contributed by atoms with Crippen LogP contribution in [-0.4, -0.2) is 35.9 Å². The zero-order chi connectivity index (χ0) is 14.6. The van der Waals surface area contributed by atoms with Gasteiger partial charge in [-0.25, -0.2) is 0 Å². The Labute approximate surface area is 113 Å². The molecule has 0 aromatic heterocycles. The molecule has 0 saturated heterocycles. The molecule has 0 saturated carbocycles. The minimum Gasteiger partial charge on any atom is -0.497 e. The topological polar surface area (TPSA) is 78.8 Å². The molecule has 2 atom stereocenters. The van der Waals surface area contributed by atoms with Crippen LogP contribution in [-0.2, 0) is 4.79 Å². The molecule has 0 fully saturated rings. The summed E-state index contributed by atoms with van der Waals surface area (Å²) in [6.45, 7) is 5.54. The summed E-state index contributed by atoms with van der Waals surface area (Å²) in [5.41, 5.74) is 2.66. The van der Waals surface area contributed by atoms with Crippen molar-refractivity contribution in [2.45, 2.75) is 32.9 Å². The van der Waals surface area contributed by atoms with Crippen molar-refractivity contribution in [3.05, 3.63) is 28.8 Å². The van der Waals surface area contributed by atoms with Gasteiger partial charge in [0.15, 0.2) is 0 Å². The van der Waals surface area contributed by atoms with Crippen molar-refractivity contribution in [1.29, 1.82) is 0 Å². The third-order valence-electron chi connectivity index (χ3n) is 3.12. The number of carboxylic acids is 1. The summed E-state index contributed by atoms with van der Waals surface area (Å²) in [4.78, 5) is 10.7. The SMILES string of the molecule is COc1cc(C)c(C(O)CNC(C)C(=O)O)c(C)c1. The number of rotatable bonds is 6. The molecule has 5 heteroatoms. The molecule has 0 amide bonds. The second-order valence-electron chi connectivity index (χ2n) is 4.66. The van der Waals surface area contributed by atoms with Gasteiger partial charge in [-0.05, 0) is 49.6 Å². The number of carbonyl (C=O) groups is 1. The van der Waals surface area contributed by atoms with Crippen LogP contribution in [0.25, 0.3) is 0 Å². The maximum absolute atomic E-state index is 10.7. The number of aliphatic carboxylic acids is 1. The predicted octanol–water partition coefficient (Wildman–Crippen LogP) is 1.41. The molecule has 0 aliphatic carbocycles. The summed E-state index contributed by atoms with van der Waals surface area (Å²) >= 11 is 0. The van der Waals surface area contributed by atoms with E-state index in [1.54, 1.807) is 14.0 Å². The van der Waals surface area contributed by atoms with Crippen molar-refractivity contribution in [3.63, 3.8) is 0 Å². The second kappa shape index (κ2) is 6.54. The molecule has 5 nitrogen and oxygen atoms in total. The van der Waals surface area contributed by atoms with Gasteiger partial charge in [0.1, 0.15) is 11.8 Å². The molecule has 2 unspecified atom stereocenters. The predicted molar refractivity (Wildman–Crippen MR) is 72.5 cm³/mol. The van der Waals surface area contributed by atoms with E-state index in [0.29, 0.717) is 0 Å². The van der Waals surface area contributed by atoms with Crippen LogP contribution in [0.2, 0.25) is 0 Å². The number of aryl methyl sites for hydroxylation is 2. The maximum Gasteiger partial charge on any atom is 0.320 e. The Hall–Kier alpha value is -1.59. The summed E-state index contributed by atoms with van der Waals surface area (Å²) in [6.07, 6.45) is -0.743. The highest BCUT2D eigenvalue weighted by Crippen LogP contribution is 2.26. The molecule has 0 radical (unpaired) electrons. The van der Waals surface area contributed by atoms with E-state index in [2.05, 4.69) is 5.32 Å². The minimum absolute atomic E-state index is 0.196. The van der Waals surface area contributed by atoms with Crippen LogP contribution in [0.4, 0.5) is 0 Å². The van der Waals surface area contributed by atoms with Crippen LogP contribution in [0.15, 0.2) is 12.1 Å². The number of ether oxygens (including phenoxy) is 1. The zero-order valence-electron chi connectivity index (χ0n) is 11.7. The molecule has 0 spiro atoms. The Kier molecular flexibility index (Phi) is 5.32. The van der Waals surface area contributed by atoms with E-state index in [1.807, 2.05) is 26.0 Å². The third-order valence-corrected chi connectivity index (χ3v) is 3.12. The number of aliphatic hydroxyl groups excluding tert-OH is 1. The highest BCUT2D eigenvalue weighted by molar-refractivity contribution is 5.72. The lowest BCUT2D eigenvalue weighted by Gasteiger charge is -2.19. The summed E-state index contributed by atoms with van der Waals surface area (Å²) in [7, 11) is 1.60. The highest BCUT2D eigenvalue weighted by atomic mass is 16.5. The molecule has 19 heavy (non-hydrogen) atoms. The first kappa shape index (κ1) is 15.5. The van der Waals surface area contributed by atoms with E-state index >= 15 is 0 Å². The Morgan fingerprint density at radius 2 is 1.89 bits per heavy atom. The first-order valence-electron chi connectivity index (χ1n) is 6.16. The van der Waals surface area contributed by atoms with Gasteiger partial charge in [0.05, 0.1) is 13.2 Å². The molecular formula is C14H21NO4. The Morgan fingerprint density at radius 3 is 2.32 bits per heavy atom. The molecule has 0 aliphatic heterocycles. The lowest BCUT2D eigenvalue weighted by atomic mass is 9.97. The summed E-state index contributed by atoms with van der Waals surface area (Å²) < 4.78 is 5.17. The van der Waals surface area contributed by atoms with E-state index in [4.69, 9.17) is 9.84 Å². The average molecular weight is 267 g/mol. The van der Waals surface area contributed by atoms with Crippen molar-refractivity contribution >= 4 is 5.97 Å². The van der Waals surface area contributed by atoms with Gasteiger partial charge >= 0.3 is 5.97 Å². The molecular weight excluding hydrogens is 246 g/mol. The number of hydrogen-bond donors (Lipinski definition) is 3. The van der Waals surface area contributed by atoms with Gasteiger partial charge < -0.3 is 20.3 Å². The number of nitrogens with one attached hydrogen (secondary N) is 1. The standard InChI is InChI=1S/C14H21NO4/c1-8-5-11(19-4)6-9(2)13(8)12(16)7-15-10(3)14(17)18/h5-6,10,12,15-16H,7H2,1-4H3,(H,17,18). The van der Waals surface area contributed by atoms with E-state index < -0.39 is 18.1 Å². The van der Waals surface area contributed by atoms with Crippen molar-refractivity contribution in [2.75, 3.05) is 13.7 Å². The Morgan fingerprint density at radius 1 is 1.37 bits per heavy atom. The molecule has 0 aliphatic rings. The monoisotopic (exact) mass is 267 g/mol. The molecule has 1 rings (SSSR count). The number of carboxylic acid groups (broad SMARTS) is 1. The smallest absolute Gasteiger partial charge is 0.320 e. The number of methoxy groups -OCH3 is 1. The van der Waals surface area contributed by atoms with E-state index in [1.165, 1.54) is 0 Å². The van der Waals surface area contributed by atoms with Crippen LogP contribution >= 0.6 is 0 Å². The summed E-state index contributed by atoms with van der Waals surface area (Å²) in [5, 5.41) is 21.7. The number of benzene rings is 1. The molecule has 1 aromatic rings. The van der Waals surface area contributed by atoms with Gasteiger partial charge in [0, 0.05) is 6.54 Å². The van der Waals surface area contributed by atoms with Crippen LogP contribution in [0.5, 0.6) is 5.75 Å². The van der Waals surface area contributed by atoms with Crippen molar-refractivity contribution in [1.82, 2.24) is 5.32 Å². The molecule has 1 aromatic carbocycles. The maximum atomic E-state index is 10.7. The van der Waals surface area contributed by atoms with Gasteiger partial charge in [-0.1, -0.05) is 0 Å². The van der Waals surface area contributed by atoms with Crippen molar-refractivity contribution in [2.24, 2.45) is 0 Å². The molecule has 3 N–H and O–H groups in total. The second-order valence-corrected chi connectivity index (χ2v) is 4.66. The van der Waals surface area contributed by atoms with Gasteiger partial charge in [-0.15, -0.1) is 0 Å². The van der Waals surface area contributed by atoms with Gasteiger partial charge in [-0.3, -0.25) is 4.79 Å². The molecule has 0 heterocycles. The van der Waals surface area contributed by atoms with Gasteiger partial charge in [0.25, 0.3) is 0 Å². The third kappa shape index (κ3) is 3.94. The van der Waals surface area contributed by atoms with Crippen LogP contribution < -0.4 is 10.1 Å². The minimum atomic E-state index is -0.935. The highest BCUT2D eigenvalue weighted by Gasteiger charge is 2.17. The summed E-state index contributed by atoms with van der Waals surface area (Å²) in [5.74, 6) is -0.187. The lowest BCUT2D eigenvalue weighted by molar-refractivity contribution is -0.139. The quantitative estimate of drug-likeness (QED) is 0.726. The lowest BCUT2D eigenvalue weighted by Crippen LogP contribution is -2.36. The largest absolute Gasteiger partial charge is 0.497 e. The van der Waals surface area contributed by atoms with Gasteiger partial charge in [0.2, 0.25) is 0 Å². The first-order valence-corrected chi connectivity index (χ1v) is 6.16. The average Bonchev–Trinajstić information content (AvgIpc) is 2.34. The van der Waals surface area contributed by atoms with E-state index in [9.17, 15) is 9.90 Å². The van der Waals surface area contributed by atoms with Crippen LogP contribution in [0.3, 0.4) is 0 Å². The van der Waals surface area contributed by atoms with Crippen LogP contribution in [0, 0.1) is 13.8 Å². The fourth-order valence-electron chi connectivity index (χ4n) is 2.06. The van der Waals surface area contributed by atoms with Crippen molar-refractivity contribution < 1.29 is 19.7 Å². The zero-order valence-corrected chi connectivity index (χ0v) is 11.7. The normalized spacial score (nSPS) is 13.9. The fraction of sp³-hybridized carbons (Fsp3) is 0.500. The summed E-state index contributed by atoms with van der Waals surface area (Å²) in [6, 6.07) is 3.02. The van der Waals surface area contributed by atoms with Gasteiger partial charge in [-0.2, -0.15) is 0 Å². The Bertz CT molecular complexity index is 436. The number of hydrogen-bond acceptors (Lipinski definition) is 4. The Balaban J connectivity index is 2.82. The van der Waals surface area contributed by atoms with Crippen molar-refractivity contribution in [3.8, 4) is 5.75 Å². The van der Waals surface area contributed by atoms with E-state index in [-0.39, 0.29) is 6.54 Å². The molecule has 0 bridgehead atoms. The van der Waals surface area contributed by atoms with Crippen LogP contribution in [0.1, 0.15) is 29.7 Å². The fourth-order valence-corrected chi connectivity index (χ4v) is 2.06. The number of aliphatic hydroxyl groups is 1. The molecule has 106 valence electrons. The van der Waals surface area contributed by atoms with E-state index in [0.717, 1.165) is 22.4 Å². The first-order chi connectivity index (χ1) is 8.86.